The smallest absolute Gasteiger partial charge is 0.226 e. The minimum Gasteiger partial charge on any atom is -0.348 e. The molecule has 27 heavy (non-hydrogen) atoms. The first-order valence-electron chi connectivity index (χ1n) is 9.29. The fourth-order valence-corrected chi connectivity index (χ4v) is 3.45. The van der Waals surface area contributed by atoms with E-state index < -0.39 is 0 Å². The maximum absolute atomic E-state index is 12.6. The minimum absolute atomic E-state index is 0.181. The molecule has 3 aromatic rings. The number of nitrogens with zero attached hydrogens (tertiary/aromatic N) is 5. The summed E-state index contributed by atoms with van der Waals surface area (Å²) in [6.07, 6.45) is 10.8. The summed E-state index contributed by atoms with van der Waals surface area (Å²) in [6.45, 7) is 1.56. The maximum Gasteiger partial charge on any atom is 0.226 e. The molecule has 1 N–H and O–H groups in total. The van der Waals surface area contributed by atoms with Crippen molar-refractivity contribution in [2.45, 2.75) is 38.0 Å². The van der Waals surface area contributed by atoms with E-state index >= 15 is 0 Å². The van der Waals surface area contributed by atoms with Crippen LogP contribution in [-0.4, -0.2) is 49.0 Å². The minimum atomic E-state index is 0.181. The summed E-state index contributed by atoms with van der Waals surface area (Å²) in [7, 11) is 0. The molecule has 0 radical (unpaired) electrons. The molecule has 0 unspecified atom stereocenters. The Morgan fingerprint density at radius 1 is 1.30 bits per heavy atom. The van der Waals surface area contributed by atoms with E-state index in [0.717, 1.165) is 37.3 Å². The number of nitrogens with one attached hydrogen (secondary N) is 1. The van der Waals surface area contributed by atoms with Gasteiger partial charge in [0.1, 0.15) is 5.82 Å². The molecule has 0 aliphatic carbocycles. The third-order valence-corrected chi connectivity index (χ3v) is 4.87. The number of carbonyl (C=O) groups excluding carboxylic acids is 1. The molecule has 1 aliphatic rings. The van der Waals surface area contributed by atoms with Gasteiger partial charge in [-0.2, -0.15) is 4.98 Å². The first kappa shape index (κ1) is 17.4. The van der Waals surface area contributed by atoms with Gasteiger partial charge in [0.25, 0.3) is 0 Å². The molecule has 1 aliphatic heterocycles. The second-order valence-electron chi connectivity index (χ2n) is 6.75. The Bertz CT molecular complexity index is 861. The number of H-pyrrole nitrogens is 1. The molecule has 4 heterocycles. The number of likely N-dealkylation sites (tertiary alicyclic amines) is 1. The van der Waals surface area contributed by atoms with Crippen LogP contribution in [0, 0.1) is 0 Å². The largest absolute Gasteiger partial charge is 0.348 e. The maximum atomic E-state index is 12.6. The number of carbonyl (C=O) groups is 1. The quantitative estimate of drug-likeness (QED) is 0.719. The standard InChI is InChI=1S/C19H22N6O2/c26-17(25-12-2-3-15(13-25)18-21-10-11-22-18)5-1-4-16-23-19(24-27-16)14-6-8-20-9-7-14/h6-11,15H,1-5,12-13H2,(H,21,22)/t15-/m1/s1. The highest BCUT2D eigenvalue weighted by molar-refractivity contribution is 5.76. The number of pyridine rings is 1. The van der Waals surface area contributed by atoms with E-state index in [2.05, 4.69) is 25.1 Å². The van der Waals surface area contributed by atoms with Gasteiger partial charge in [-0.25, -0.2) is 4.98 Å². The molecule has 140 valence electrons. The molecular weight excluding hydrogens is 344 g/mol. The molecule has 0 bridgehead atoms. The lowest BCUT2D eigenvalue weighted by Gasteiger charge is -2.32. The van der Waals surface area contributed by atoms with Gasteiger partial charge in [0, 0.05) is 62.2 Å². The van der Waals surface area contributed by atoms with Crippen molar-refractivity contribution in [3.8, 4) is 11.4 Å². The normalized spacial score (nSPS) is 17.2. The second kappa shape index (κ2) is 8.11. The van der Waals surface area contributed by atoms with Gasteiger partial charge < -0.3 is 14.4 Å². The highest BCUT2D eigenvalue weighted by Gasteiger charge is 2.25. The molecular formula is C19H22N6O2. The van der Waals surface area contributed by atoms with Crippen LogP contribution in [0.25, 0.3) is 11.4 Å². The number of imidazole rings is 1. The van der Waals surface area contributed by atoms with Gasteiger partial charge in [-0.3, -0.25) is 9.78 Å². The van der Waals surface area contributed by atoms with E-state index in [1.807, 2.05) is 23.2 Å². The highest BCUT2D eigenvalue weighted by Crippen LogP contribution is 2.25. The molecule has 1 atom stereocenters. The molecule has 1 fully saturated rings. The zero-order chi connectivity index (χ0) is 18.5. The Morgan fingerprint density at radius 3 is 3.00 bits per heavy atom. The van der Waals surface area contributed by atoms with E-state index in [-0.39, 0.29) is 5.91 Å². The first-order valence-corrected chi connectivity index (χ1v) is 9.29. The van der Waals surface area contributed by atoms with Crippen molar-refractivity contribution < 1.29 is 9.32 Å². The number of aromatic nitrogens is 5. The number of hydrogen-bond acceptors (Lipinski definition) is 6. The van der Waals surface area contributed by atoms with Crippen LogP contribution < -0.4 is 0 Å². The van der Waals surface area contributed by atoms with Crippen molar-refractivity contribution in [2.24, 2.45) is 0 Å². The summed E-state index contributed by atoms with van der Waals surface area (Å²) in [6, 6.07) is 3.67. The summed E-state index contributed by atoms with van der Waals surface area (Å²) >= 11 is 0. The Morgan fingerprint density at radius 2 is 2.19 bits per heavy atom. The Hall–Kier alpha value is -3.03. The SMILES string of the molecule is O=C(CCCc1nc(-c2ccncc2)no1)N1CCC[C@@H](c2ncc[nH]2)C1. The summed E-state index contributed by atoms with van der Waals surface area (Å²) < 4.78 is 5.29. The summed E-state index contributed by atoms with van der Waals surface area (Å²) in [5, 5.41) is 3.99. The van der Waals surface area contributed by atoms with E-state index in [9.17, 15) is 4.79 Å². The van der Waals surface area contributed by atoms with Crippen LogP contribution in [0.15, 0.2) is 41.4 Å². The van der Waals surface area contributed by atoms with Crippen LogP contribution >= 0.6 is 0 Å². The molecule has 8 nitrogen and oxygen atoms in total. The predicted octanol–water partition coefficient (Wildman–Crippen LogP) is 2.58. The number of aryl methyl sites for hydroxylation is 1. The number of piperidine rings is 1. The molecule has 1 amide bonds. The fraction of sp³-hybridized carbons (Fsp3) is 0.421. The average molecular weight is 366 g/mol. The van der Waals surface area contributed by atoms with E-state index in [1.165, 1.54) is 0 Å². The van der Waals surface area contributed by atoms with Gasteiger partial charge in [0.2, 0.25) is 17.6 Å². The molecule has 4 rings (SSSR count). The van der Waals surface area contributed by atoms with Crippen molar-refractivity contribution in [3.05, 3.63) is 48.6 Å². The third-order valence-electron chi connectivity index (χ3n) is 4.87. The number of amides is 1. The summed E-state index contributed by atoms with van der Waals surface area (Å²) in [5.41, 5.74) is 0.869. The van der Waals surface area contributed by atoms with E-state index in [0.29, 0.717) is 36.9 Å². The van der Waals surface area contributed by atoms with Gasteiger partial charge in [0.05, 0.1) is 0 Å². The van der Waals surface area contributed by atoms with Crippen LogP contribution in [0.5, 0.6) is 0 Å². The van der Waals surface area contributed by atoms with E-state index in [1.54, 1.807) is 18.6 Å². The average Bonchev–Trinajstić information content (AvgIpc) is 3.41. The Balaban J connectivity index is 1.27. The first-order chi connectivity index (χ1) is 13.3. The fourth-order valence-electron chi connectivity index (χ4n) is 3.45. The van der Waals surface area contributed by atoms with Crippen LogP contribution in [0.1, 0.15) is 43.3 Å². The zero-order valence-corrected chi connectivity index (χ0v) is 15.0. The van der Waals surface area contributed by atoms with E-state index in [4.69, 9.17) is 4.52 Å². The molecule has 0 aromatic carbocycles. The van der Waals surface area contributed by atoms with Crippen LogP contribution in [0.4, 0.5) is 0 Å². The van der Waals surface area contributed by atoms with Crippen LogP contribution in [-0.2, 0) is 11.2 Å². The van der Waals surface area contributed by atoms with Crippen molar-refractivity contribution in [1.82, 2.24) is 30.0 Å². The summed E-state index contributed by atoms with van der Waals surface area (Å²) in [5.74, 6) is 2.57. The van der Waals surface area contributed by atoms with Crippen molar-refractivity contribution >= 4 is 5.91 Å². The number of hydrogen-bond donors (Lipinski definition) is 1. The topological polar surface area (TPSA) is 101 Å². The third kappa shape index (κ3) is 4.21. The molecule has 8 heteroatoms. The predicted molar refractivity (Wildman–Crippen MR) is 97.6 cm³/mol. The van der Waals surface area contributed by atoms with Crippen LogP contribution in [0.2, 0.25) is 0 Å². The van der Waals surface area contributed by atoms with Crippen molar-refractivity contribution in [3.63, 3.8) is 0 Å². The lowest BCUT2D eigenvalue weighted by atomic mass is 9.97. The molecule has 1 saturated heterocycles. The lowest BCUT2D eigenvalue weighted by Crippen LogP contribution is -2.39. The van der Waals surface area contributed by atoms with Gasteiger partial charge in [0.15, 0.2) is 0 Å². The van der Waals surface area contributed by atoms with Gasteiger partial charge in [-0.1, -0.05) is 5.16 Å². The van der Waals surface area contributed by atoms with Crippen LogP contribution in [0.3, 0.4) is 0 Å². The second-order valence-corrected chi connectivity index (χ2v) is 6.75. The number of rotatable bonds is 6. The van der Waals surface area contributed by atoms with Gasteiger partial charge in [-0.15, -0.1) is 0 Å². The lowest BCUT2D eigenvalue weighted by molar-refractivity contribution is -0.132. The van der Waals surface area contributed by atoms with Gasteiger partial charge >= 0.3 is 0 Å². The van der Waals surface area contributed by atoms with Gasteiger partial charge in [-0.05, 0) is 31.4 Å². The number of aromatic amines is 1. The monoisotopic (exact) mass is 366 g/mol. The van der Waals surface area contributed by atoms with Crippen molar-refractivity contribution in [2.75, 3.05) is 13.1 Å². The zero-order valence-electron chi connectivity index (χ0n) is 15.0. The van der Waals surface area contributed by atoms with Crippen molar-refractivity contribution in [1.29, 1.82) is 0 Å². The Kier molecular flexibility index (Phi) is 5.22. The molecule has 3 aromatic heterocycles. The summed E-state index contributed by atoms with van der Waals surface area (Å²) in [4.78, 5) is 30.4. The molecule has 0 saturated carbocycles. The Labute approximate surface area is 157 Å². The molecule has 0 spiro atoms. The highest BCUT2D eigenvalue weighted by atomic mass is 16.5.